The van der Waals surface area contributed by atoms with Gasteiger partial charge in [-0.15, -0.1) is 0 Å². The highest BCUT2D eigenvalue weighted by Crippen LogP contribution is 2.51. The van der Waals surface area contributed by atoms with E-state index in [1.165, 1.54) is 0 Å². The zero-order valence-corrected chi connectivity index (χ0v) is 16.4. The van der Waals surface area contributed by atoms with E-state index in [-0.39, 0.29) is 6.16 Å². The number of hydrogen-bond donors (Lipinski definition) is 0. The molecule has 0 radical (unpaired) electrons. The second-order valence-corrected chi connectivity index (χ2v) is 8.95. The lowest BCUT2D eigenvalue weighted by atomic mass is 9.76. The molecule has 7 heteroatoms. The Bertz CT molecular complexity index is 591. The van der Waals surface area contributed by atoms with Crippen LogP contribution in [0.4, 0.5) is 0 Å². The molecule has 0 N–H and O–H groups in total. The fourth-order valence-electron chi connectivity index (χ4n) is 2.61. The molecule has 0 aromatic heterocycles. The van der Waals surface area contributed by atoms with Crippen LogP contribution in [0.15, 0.2) is 24.3 Å². The minimum absolute atomic E-state index is 0.203. The summed E-state index contributed by atoms with van der Waals surface area (Å²) in [6.07, 6.45) is 0.203. The van der Waals surface area contributed by atoms with Gasteiger partial charge < -0.3 is 18.4 Å². The topological polar surface area (TPSA) is 54.0 Å². The average molecular weight is 354 g/mol. The third kappa shape index (κ3) is 4.12. The molecule has 134 valence electrons. The molecular formula is C17H28BO5P. The van der Waals surface area contributed by atoms with Gasteiger partial charge in [0, 0.05) is 0 Å². The maximum Gasteiger partial charge on any atom is 0.495 e. The fourth-order valence-corrected chi connectivity index (χ4v) is 4.36. The van der Waals surface area contributed by atoms with Crippen LogP contribution in [-0.2, 0) is 29.1 Å². The van der Waals surface area contributed by atoms with Crippen molar-refractivity contribution in [2.24, 2.45) is 0 Å². The molecule has 0 amide bonds. The Labute approximate surface area is 145 Å². The molecule has 0 bridgehead atoms. The van der Waals surface area contributed by atoms with Crippen molar-refractivity contribution in [3.05, 3.63) is 29.8 Å². The first-order valence-electron chi connectivity index (χ1n) is 8.45. The first-order valence-corrected chi connectivity index (χ1v) is 10.2. The van der Waals surface area contributed by atoms with Crippen LogP contribution >= 0.6 is 7.60 Å². The minimum Gasteiger partial charge on any atom is -0.399 e. The molecule has 1 aliphatic rings. The molecule has 1 fully saturated rings. The highest BCUT2D eigenvalue weighted by molar-refractivity contribution is 7.53. The van der Waals surface area contributed by atoms with Gasteiger partial charge in [0.2, 0.25) is 0 Å². The molecule has 0 unspecified atom stereocenters. The lowest BCUT2D eigenvalue weighted by molar-refractivity contribution is 0.00578. The summed E-state index contributed by atoms with van der Waals surface area (Å²) in [5.74, 6) is 0. The smallest absolute Gasteiger partial charge is 0.399 e. The van der Waals surface area contributed by atoms with E-state index in [0.717, 1.165) is 11.0 Å². The first kappa shape index (κ1) is 19.7. The van der Waals surface area contributed by atoms with E-state index >= 15 is 0 Å². The SMILES string of the molecule is CCOP(=O)(Cc1ccccc1B1OC(C)(C)C(C)(C)O1)OCC. The van der Waals surface area contributed by atoms with Crippen LogP contribution in [0.2, 0.25) is 0 Å². The maximum atomic E-state index is 12.9. The van der Waals surface area contributed by atoms with Gasteiger partial charge in [-0.05, 0) is 52.6 Å². The fraction of sp³-hybridized carbons (Fsp3) is 0.647. The van der Waals surface area contributed by atoms with E-state index in [9.17, 15) is 4.57 Å². The van der Waals surface area contributed by atoms with Crippen molar-refractivity contribution in [1.82, 2.24) is 0 Å². The van der Waals surface area contributed by atoms with Crippen LogP contribution < -0.4 is 5.46 Å². The van der Waals surface area contributed by atoms with E-state index in [2.05, 4.69) is 0 Å². The Morgan fingerprint density at radius 2 is 1.50 bits per heavy atom. The molecule has 0 saturated carbocycles. The minimum atomic E-state index is -3.18. The van der Waals surface area contributed by atoms with Gasteiger partial charge in [0.15, 0.2) is 0 Å². The second-order valence-electron chi connectivity index (χ2n) is 6.89. The molecule has 1 saturated heterocycles. The van der Waals surface area contributed by atoms with Gasteiger partial charge in [0.1, 0.15) is 0 Å². The third-order valence-corrected chi connectivity index (χ3v) is 6.61. The van der Waals surface area contributed by atoms with E-state index in [0.29, 0.717) is 13.2 Å². The van der Waals surface area contributed by atoms with Crippen molar-refractivity contribution in [2.45, 2.75) is 58.9 Å². The predicted octanol–water partition coefficient (Wildman–Crippen LogP) is 3.75. The molecule has 1 aromatic rings. The van der Waals surface area contributed by atoms with Crippen LogP contribution in [0.1, 0.15) is 47.1 Å². The zero-order chi connectivity index (χ0) is 18.0. The summed E-state index contributed by atoms with van der Waals surface area (Å²) in [5, 5.41) is 0. The van der Waals surface area contributed by atoms with Gasteiger partial charge in [-0.1, -0.05) is 24.3 Å². The summed E-state index contributed by atoms with van der Waals surface area (Å²) in [6, 6.07) is 7.70. The monoisotopic (exact) mass is 354 g/mol. The van der Waals surface area contributed by atoms with Gasteiger partial charge in [0.25, 0.3) is 0 Å². The van der Waals surface area contributed by atoms with Crippen LogP contribution in [0, 0.1) is 0 Å². The van der Waals surface area contributed by atoms with Crippen molar-refractivity contribution in [1.29, 1.82) is 0 Å². The van der Waals surface area contributed by atoms with E-state index in [4.69, 9.17) is 18.4 Å². The summed E-state index contributed by atoms with van der Waals surface area (Å²) in [5.41, 5.74) is 0.889. The Hall–Kier alpha value is -0.645. The van der Waals surface area contributed by atoms with Crippen LogP contribution in [0.25, 0.3) is 0 Å². The van der Waals surface area contributed by atoms with Crippen LogP contribution in [-0.4, -0.2) is 31.5 Å². The summed E-state index contributed by atoms with van der Waals surface area (Å²) in [4.78, 5) is 0. The number of hydrogen-bond acceptors (Lipinski definition) is 5. The second kappa shape index (κ2) is 7.31. The zero-order valence-electron chi connectivity index (χ0n) is 15.5. The van der Waals surface area contributed by atoms with E-state index < -0.39 is 25.9 Å². The molecular weight excluding hydrogens is 326 g/mol. The third-order valence-electron chi connectivity index (χ3n) is 4.58. The lowest BCUT2D eigenvalue weighted by Crippen LogP contribution is -2.41. The highest BCUT2D eigenvalue weighted by atomic mass is 31.2. The van der Waals surface area contributed by atoms with Crippen molar-refractivity contribution in [3.8, 4) is 0 Å². The normalized spacial score (nSPS) is 19.7. The molecule has 1 aliphatic heterocycles. The number of rotatable bonds is 7. The summed E-state index contributed by atoms with van der Waals surface area (Å²) >= 11 is 0. The van der Waals surface area contributed by atoms with Crippen molar-refractivity contribution in [2.75, 3.05) is 13.2 Å². The molecule has 5 nitrogen and oxygen atoms in total. The van der Waals surface area contributed by atoms with Gasteiger partial charge >= 0.3 is 14.7 Å². The molecule has 24 heavy (non-hydrogen) atoms. The molecule has 0 aliphatic carbocycles. The molecule has 1 heterocycles. The van der Waals surface area contributed by atoms with Gasteiger partial charge in [-0.3, -0.25) is 4.57 Å². The highest BCUT2D eigenvalue weighted by Gasteiger charge is 2.52. The Morgan fingerprint density at radius 1 is 1.00 bits per heavy atom. The van der Waals surface area contributed by atoms with Gasteiger partial charge in [-0.2, -0.15) is 0 Å². The molecule has 0 atom stereocenters. The molecule has 0 spiro atoms. The average Bonchev–Trinajstić information content (AvgIpc) is 2.68. The Morgan fingerprint density at radius 3 is 2.00 bits per heavy atom. The first-order chi connectivity index (χ1) is 11.1. The summed E-state index contributed by atoms with van der Waals surface area (Å²) in [6.45, 7) is 12.4. The van der Waals surface area contributed by atoms with Gasteiger partial charge in [0.05, 0.1) is 30.6 Å². The Kier molecular flexibility index (Phi) is 5.99. The van der Waals surface area contributed by atoms with Gasteiger partial charge in [-0.25, -0.2) is 0 Å². The largest absolute Gasteiger partial charge is 0.495 e. The quantitative estimate of drug-likeness (QED) is 0.551. The van der Waals surface area contributed by atoms with Crippen LogP contribution in [0.3, 0.4) is 0 Å². The summed E-state index contributed by atoms with van der Waals surface area (Å²) < 4.78 is 36.0. The van der Waals surface area contributed by atoms with Crippen molar-refractivity contribution in [3.63, 3.8) is 0 Å². The maximum absolute atomic E-state index is 12.9. The van der Waals surface area contributed by atoms with E-state index in [1.54, 1.807) is 0 Å². The number of benzene rings is 1. The predicted molar refractivity (Wildman–Crippen MR) is 96.7 cm³/mol. The molecule has 1 aromatic carbocycles. The lowest BCUT2D eigenvalue weighted by Gasteiger charge is -2.32. The van der Waals surface area contributed by atoms with Crippen molar-refractivity contribution < 1.29 is 22.9 Å². The standard InChI is InChI=1S/C17H28BO5P/c1-7-20-24(19,21-8-2)13-14-11-9-10-12-15(14)18-22-16(3,4)17(5,6)23-18/h9-12H,7-8,13H2,1-6H3. The molecule has 2 rings (SSSR count). The van der Waals surface area contributed by atoms with E-state index in [1.807, 2.05) is 65.8 Å². The summed E-state index contributed by atoms with van der Waals surface area (Å²) in [7, 11) is -3.68. The van der Waals surface area contributed by atoms with Crippen molar-refractivity contribution >= 4 is 20.2 Å². The Balaban J connectivity index is 2.30. The van der Waals surface area contributed by atoms with Crippen LogP contribution in [0.5, 0.6) is 0 Å².